The van der Waals surface area contributed by atoms with Crippen molar-refractivity contribution in [1.82, 2.24) is 0 Å². The summed E-state index contributed by atoms with van der Waals surface area (Å²) in [6.07, 6.45) is 0.534. The minimum atomic E-state index is -3.74. The molecule has 1 N–H and O–H groups in total. The predicted molar refractivity (Wildman–Crippen MR) is 40.9 cm³/mol. The van der Waals surface area contributed by atoms with Gasteiger partial charge in [0.2, 0.25) is 0 Å². The van der Waals surface area contributed by atoms with Gasteiger partial charge >= 0.3 is 9.74 Å². The van der Waals surface area contributed by atoms with Crippen LogP contribution in [0.2, 0.25) is 0 Å². The van der Waals surface area contributed by atoms with Crippen LogP contribution in [0.5, 0.6) is 0 Å². The van der Waals surface area contributed by atoms with E-state index in [0.717, 1.165) is 0 Å². The minimum absolute atomic E-state index is 0.534. The number of rotatable bonds is 2. The lowest BCUT2D eigenvalue weighted by molar-refractivity contribution is 0.501. The molecule has 3 nitrogen and oxygen atoms in total. The highest BCUT2D eigenvalue weighted by molar-refractivity contribution is 8.54. The summed E-state index contributed by atoms with van der Waals surface area (Å²) < 4.78 is 29.5. The van der Waals surface area contributed by atoms with Crippen molar-refractivity contribution in [2.24, 2.45) is 0 Å². The molecule has 5 heteroatoms. The van der Waals surface area contributed by atoms with E-state index in [1.165, 1.54) is 0 Å². The SMILES string of the molecule is CC[P+](C)(C)S(=O)(=O)O. The Bertz CT molecular complexity index is 182. The van der Waals surface area contributed by atoms with Gasteiger partial charge in [0.1, 0.15) is 0 Å². The molecule has 0 heterocycles. The van der Waals surface area contributed by atoms with Crippen LogP contribution >= 0.6 is 6.46 Å². The molecule has 0 radical (unpaired) electrons. The Morgan fingerprint density at radius 2 is 1.78 bits per heavy atom. The van der Waals surface area contributed by atoms with Crippen LogP contribution in [-0.4, -0.2) is 32.5 Å². The van der Waals surface area contributed by atoms with E-state index in [2.05, 4.69) is 0 Å². The van der Waals surface area contributed by atoms with E-state index in [-0.39, 0.29) is 0 Å². The molecule has 9 heavy (non-hydrogen) atoms. The molecule has 0 aliphatic carbocycles. The Balaban J connectivity index is 4.56. The van der Waals surface area contributed by atoms with E-state index >= 15 is 0 Å². The second kappa shape index (κ2) is 2.52. The van der Waals surface area contributed by atoms with Gasteiger partial charge in [-0.05, 0) is 6.92 Å². The Morgan fingerprint density at radius 3 is 1.78 bits per heavy atom. The molecule has 0 rings (SSSR count). The fraction of sp³-hybridized carbons (Fsp3) is 1.00. The molecule has 0 aliphatic heterocycles. The fourth-order valence-electron chi connectivity index (χ4n) is 0.163. The Kier molecular flexibility index (Phi) is 2.62. The fourth-order valence-corrected chi connectivity index (χ4v) is 1.47. The first-order chi connectivity index (χ1) is 3.81. The first kappa shape index (κ1) is 9.34. The molecule has 0 bridgehead atoms. The van der Waals surface area contributed by atoms with Crippen LogP contribution in [0.3, 0.4) is 0 Å². The van der Waals surface area contributed by atoms with E-state index in [4.69, 9.17) is 4.55 Å². The maximum atomic E-state index is 10.5. The number of hydrogen-bond donors (Lipinski definition) is 1. The topological polar surface area (TPSA) is 54.4 Å². The predicted octanol–water partition coefficient (Wildman–Crippen LogP) is 1.09. The van der Waals surface area contributed by atoms with Crippen molar-refractivity contribution in [1.29, 1.82) is 0 Å². The second-order valence-corrected chi connectivity index (χ2v) is 11.4. The normalized spacial score (nSPS) is 13.8. The molecule has 0 atom stereocenters. The minimum Gasteiger partial charge on any atom is -0.257 e. The zero-order valence-electron chi connectivity index (χ0n) is 5.83. The quantitative estimate of drug-likeness (QED) is 0.499. The van der Waals surface area contributed by atoms with Gasteiger partial charge in [0.25, 0.3) is 0 Å². The summed E-state index contributed by atoms with van der Waals surface area (Å²) >= 11 is 0. The average molecular weight is 171 g/mol. The lowest BCUT2D eigenvalue weighted by Gasteiger charge is -2.09. The lowest BCUT2D eigenvalue weighted by atomic mass is 11.0. The van der Waals surface area contributed by atoms with Crippen LogP contribution in [0.25, 0.3) is 0 Å². The van der Waals surface area contributed by atoms with Crippen LogP contribution in [0.15, 0.2) is 0 Å². The van der Waals surface area contributed by atoms with Crippen LogP contribution in [-0.2, 0) is 9.74 Å². The summed E-state index contributed by atoms with van der Waals surface area (Å²) in [4.78, 5) is 0. The van der Waals surface area contributed by atoms with Gasteiger partial charge in [-0.2, -0.15) is 8.42 Å². The zero-order chi connectivity index (χ0) is 7.71. The number of hydrogen-bond acceptors (Lipinski definition) is 2. The molecule has 0 saturated heterocycles. The highest BCUT2D eigenvalue weighted by Gasteiger charge is 2.38. The van der Waals surface area contributed by atoms with Gasteiger partial charge in [-0.15, -0.1) is 0 Å². The summed E-state index contributed by atoms with van der Waals surface area (Å²) in [5.41, 5.74) is 0. The van der Waals surface area contributed by atoms with Gasteiger partial charge in [0, 0.05) is 0 Å². The molecule has 0 aromatic carbocycles. The van der Waals surface area contributed by atoms with Gasteiger partial charge in [0.05, 0.1) is 19.5 Å². The third kappa shape index (κ3) is 2.20. The van der Waals surface area contributed by atoms with Gasteiger partial charge in [-0.3, -0.25) is 4.55 Å². The van der Waals surface area contributed by atoms with E-state index in [9.17, 15) is 8.42 Å². The van der Waals surface area contributed by atoms with Gasteiger partial charge < -0.3 is 0 Å². The summed E-state index contributed by atoms with van der Waals surface area (Å²) in [7, 11) is -3.74. The summed E-state index contributed by atoms with van der Waals surface area (Å²) in [6.45, 7) is 2.89. The molecular formula is C4H12O3PS+. The summed E-state index contributed by atoms with van der Waals surface area (Å²) in [5.74, 6) is 0. The first-order valence-electron chi connectivity index (χ1n) is 2.62. The van der Waals surface area contributed by atoms with Crippen molar-refractivity contribution in [3.05, 3.63) is 0 Å². The van der Waals surface area contributed by atoms with Crippen molar-refractivity contribution >= 4 is 16.2 Å². The molecular weight excluding hydrogens is 159 g/mol. The monoisotopic (exact) mass is 171 g/mol. The van der Waals surface area contributed by atoms with Crippen molar-refractivity contribution in [3.63, 3.8) is 0 Å². The molecule has 56 valence electrons. The van der Waals surface area contributed by atoms with E-state index in [1.54, 1.807) is 20.3 Å². The van der Waals surface area contributed by atoms with Crippen LogP contribution < -0.4 is 0 Å². The van der Waals surface area contributed by atoms with Crippen molar-refractivity contribution in [2.45, 2.75) is 6.92 Å². The van der Waals surface area contributed by atoms with Gasteiger partial charge in [0.15, 0.2) is 6.46 Å². The smallest absolute Gasteiger partial charge is 0.257 e. The first-order valence-corrected chi connectivity index (χ1v) is 7.53. The molecule has 0 aliphatic rings. The van der Waals surface area contributed by atoms with Crippen LogP contribution in [0.1, 0.15) is 6.92 Å². The average Bonchev–Trinajstić information content (AvgIpc) is 1.64. The second-order valence-electron chi connectivity index (χ2n) is 2.34. The van der Waals surface area contributed by atoms with Gasteiger partial charge in [-0.1, -0.05) is 0 Å². The largest absolute Gasteiger partial charge is 0.380 e. The maximum Gasteiger partial charge on any atom is 0.380 e. The Labute approximate surface area is 56.3 Å². The highest BCUT2D eigenvalue weighted by Crippen LogP contribution is 2.56. The molecule has 0 saturated carbocycles. The Hall–Kier alpha value is 0.340. The van der Waals surface area contributed by atoms with Crippen LogP contribution in [0.4, 0.5) is 0 Å². The van der Waals surface area contributed by atoms with E-state index < -0.39 is 16.2 Å². The summed E-state index contributed by atoms with van der Waals surface area (Å²) in [6, 6.07) is 0. The van der Waals surface area contributed by atoms with Gasteiger partial charge in [-0.25, -0.2) is 0 Å². The van der Waals surface area contributed by atoms with Crippen molar-refractivity contribution < 1.29 is 13.0 Å². The Morgan fingerprint density at radius 1 is 1.44 bits per heavy atom. The summed E-state index contributed by atoms with van der Waals surface area (Å²) in [5, 5.41) is 0. The van der Waals surface area contributed by atoms with Crippen molar-refractivity contribution in [3.8, 4) is 0 Å². The molecule has 0 aromatic heterocycles. The third-order valence-corrected chi connectivity index (χ3v) is 8.68. The molecule has 0 fully saturated rings. The molecule has 0 spiro atoms. The van der Waals surface area contributed by atoms with E-state index in [0.29, 0.717) is 6.16 Å². The lowest BCUT2D eigenvalue weighted by Crippen LogP contribution is -2.05. The molecule has 0 amide bonds. The third-order valence-electron chi connectivity index (χ3n) is 1.39. The molecule has 0 aromatic rings. The van der Waals surface area contributed by atoms with Crippen LogP contribution in [0, 0.1) is 0 Å². The highest BCUT2D eigenvalue weighted by atomic mass is 32.8. The molecule has 0 unspecified atom stereocenters. The maximum absolute atomic E-state index is 10.5. The van der Waals surface area contributed by atoms with Crippen molar-refractivity contribution in [2.75, 3.05) is 19.5 Å². The standard InChI is InChI=1S/C4H11O3PS/c1-4-8(2,3)9(5,6)7/h4H2,1-3H3/p+1. The zero-order valence-corrected chi connectivity index (χ0v) is 7.54. The van der Waals surface area contributed by atoms with E-state index in [1.807, 2.05) is 0 Å².